The lowest BCUT2D eigenvalue weighted by molar-refractivity contribution is 0.665. The number of hydrogen-bond acceptors (Lipinski definition) is 2. The van der Waals surface area contributed by atoms with E-state index in [1.54, 1.807) is 0 Å². The van der Waals surface area contributed by atoms with Gasteiger partial charge >= 0.3 is 0 Å². The Hall–Kier alpha value is -8.46. The van der Waals surface area contributed by atoms with Gasteiger partial charge in [-0.15, -0.1) is 0 Å². The molecule has 302 valence electrons. The lowest BCUT2D eigenvalue weighted by atomic mass is 9.70. The first kappa shape index (κ1) is 36.1. The lowest BCUT2D eigenvalue weighted by Crippen LogP contribution is -2.26. The van der Waals surface area contributed by atoms with Crippen LogP contribution >= 0.6 is 0 Å². The Labute approximate surface area is 376 Å². The van der Waals surface area contributed by atoms with Crippen LogP contribution in [0.15, 0.2) is 241 Å². The van der Waals surface area contributed by atoms with Gasteiger partial charge in [0, 0.05) is 33.3 Å². The Morgan fingerprint density at radius 1 is 0.323 bits per heavy atom. The summed E-state index contributed by atoms with van der Waals surface area (Å²) in [4.78, 5) is 2.46. The fourth-order valence-corrected chi connectivity index (χ4v) is 11.6. The molecule has 0 unspecified atom stereocenters. The van der Waals surface area contributed by atoms with Crippen molar-refractivity contribution in [3.63, 3.8) is 0 Å². The normalized spacial score (nSPS) is 13.0. The fraction of sp³-hybridized carbons (Fsp3) is 0.0159. The van der Waals surface area contributed by atoms with E-state index in [1.807, 2.05) is 0 Å². The van der Waals surface area contributed by atoms with Gasteiger partial charge in [0.1, 0.15) is 11.2 Å². The SMILES string of the molecule is c1ccc(-c2ccc(N(c3ccc(-c4ccc5cccc6c7cccc8cccc(oc4c56)c87)cc3)c3cccc4c3-c3ccccc3C43c4ccccc4-c4ccccc43)cc2)cc1. The van der Waals surface area contributed by atoms with Crippen LogP contribution in [0, 0.1) is 0 Å². The molecule has 1 aromatic heterocycles. The molecule has 0 saturated heterocycles. The summed E-state index contributed by atoms with van der Waals surface area (Å²) in [5, 5.41) is 7.02. The van der Waals surface area contributed by atoms with Crippen molar-refractivity contribution in [1.82, 2.24) is 0 Å². The monoisotopic (exact) mass is 825 g/mol. The summed E-state index contributed by atoms with van der Waals surface area (Å²) in [5.74, 6) is 0. The van der Waals surface area contributed by atoms with E-state index in [2.05, 4.69) is 241 Å². The van der Waals surface area contributed by atoms with Crippen LogP contribution in [0.25, 0.3) is 88.0 Å². The molecule has 0 atom stereocenters. The largest absolute Gasteiger partial charge is 0.455 e. The highest BCUT2D eigenvalue weighted by Crippen LogP contribution is 2.64. The summed E-state index contributed by atoms with van der Waals surface area (Å²) in [6.07, 6.45) is 0. The van der Waals surface area contributed by atoms with E-state index < -0.39 is 5.41 Å². The number of benzene rings is 11. The maximum Gasteiger partial charge on any atom is 0.143 e. The van der Waals surface area contributed by atoms with E-state index in [9.17, 15) is 0 Å². The predicted octanol–water partition coefficient (Wildman–Crippen LogP) is 17.0. The highest BCUT2D eigenvalue weighted by atomic mass is 16.3. The lowest BCUT2D eigenvalue weighted by Gasteiger charge is -2.32. The van der Waals surface area contributed by atoms with Gasteiger partial charge in [-0.1, -0.05) is 194 Å². The predicted molar refractivity (Wildman–Crippen MR) is 271 cm³/mol. The molecule has 0 amide bonds. The van der Waals surface area contributed by atoms with Crippen LogP contribution in [-0.2, 0) is 5.41 Å². The third-order valence-corrected chi connectivity index (χ3v) is 14.3. The van der Waals surface area contributed by atoms with Crippen molar-refractivity contribution in [1.29, 1.82) is 0 Å². The summed E-state index contributed by atoms with van der Waals surface area (Å²) in [5.41, 5.74) is 19.6. The molecule has 11 aromatic carbocycles. The minimum atomic E-state index is -0.444. The van der Waals surface area contributed by atoms with E-state index in [0.717, 1.165) is 55.5 Å². The molecule has 14 rings (SSSR count). The van der Waals surface area contributed by atoms with Crippen molar-refractivity contribution in [3.8, 4) is 44.5 Å². The Morgan fingerprint density at radius 2 is 0.831 bits per heavy atom. The number of hydrogen-bond donors (Lipinski definition) is 0. The third kappa shape index (κ3) is 5.05. The smallest absolute Gasteiger partial charge is 0.143 e. The molecule has 2 aliphatic rings. The average Bonchev–Trinajstić information content (AvgIpc) is 3.79. The van der Waals surface area contributed by atoms with E-state index in [4.69, 9.17) is 4.42 Å². The molecule has 2 aliphatic carbocycles. The molecule has 0 saturated carbocycles. The van der Waals surface area contributed by atoms with Gasteiger partial charge in [0.15, 0.2) is 0 Å². The van der Waals surface area contributed by atoms with Gasteiger partial charge in [0.2, 0.25) is 0 Å². The van der Waals surface area contributed by atoms with Crippen LogP contribution in [0.5, 0.6) is 0 Å². The van der Waals surface area contributed by atoms with Crippen LogP contribution < -0.4 is 4.90 Å². The molecular weight excluding hydrogens is 787 g/mol. The molecule has 0 radical (unpaired) electrons. The minimum Gasteiger partial charge on any atom is -0.455 e. The molecule has 65 heavy (non-hydrogen) atoms. The van der Waals surface area contributed by atoms with Gasteiger partial charge < -0.3 is 9.32 Å². The summed E-state index contributed by atoms with van der Waals surface area (Å²) in [6.45, 7) is 0. The van der Waals surface area contributed by atoms with Crippen molar-refractivity contribution < 1.29 is 4.42 Å². The number of fused-ring (bicyclic) bond motifs is 11. The summed E-state index contributed by atoms with van der Waals surface area (Å²) < 4.78 is 7.07. The summed E-state index contributed by atoms with van der Waals surface area (Å²) in [7, 11) is 0. The van der Waals surface area contributed by atoms with E-state index in [1.165, 1.54) is 71.8 Å². The molecule has 12 aromatic rings. The molecule has 1 spiro atoms. The molecular formula is C63H39NO. The first-order valence-electron chi connectivity index (χ1n) is 22.5. The zero-order valence-corrected chi connectivity index (χ0v) is 35.4. The van der Waals surface area contributed by atoms with Crippen molar-refractivity contribution in [2.24, 2.45) is 0 Å². The molecule has 0 fully saturated rings. The number of rotatable bonds is 5. The summed E-state index contributed by atoms with van der Waals surface area (Å²) >= 11 is 0. The highest BCUT2D eigenvalue weighted by molar-refractivity contribution is 6.24. The van der Waals surface area contributed by atoms with Gasteiger partial charge in [0.05, 0.1) is 11.1 Å². The number of anilines is 3. The summed E-state index contributed by atoms with van der Waals surface area (Å²) in [6, 6.07) is 86.9. The molecule has 0 bridgehead atoms. The van der Waals surface area contributed by atoms with Crippen molar-refractivity contribution in [2.75, 3.05) is 4.90 Å². The maximum absolute atomic E-state index is 7.07. The highest BCUT2D eigenvalue weighted by Gasteiger charge is 2.52. The van der Waals surface area contributed by atoms with Crippen molar-refractivity contribution >= 4 is 60.5 Å². The minimum absolute atomic E-state index is 0.444. The molecule has 2 heteroatoms. The van der Waals surface area contributed by atoms with Gasteiger partial charge in [-0.05, 0) is 120 Å². The second-order valence-corrected chi connectivity index (χ2v) is 17.5. The van der Waals surface area contributed by atoms with Gasteiger partial charge in [-0.25, -0.2) is 0 Å². The second kappa shape index (κ2) is 13.8. The Bertz CT molecular complexity index is 3830. The first-order chi connectivity index (χ1) is 32.3. The Kier molecular flexibility index (Phi) is 7.64. The quantitative estimate of drug-likeness (QED) is 0.172. The van der Waals surface area contributed by atoms with Gasteiger partial charge in [0.25, 0.3) is 0 Å². The van der Waals surface area contributed by atoms with Gasteiger partial charge in [-0.2, -0.15) is 0 Å². The van der Waals surface area contributed by atoms with Crippen molar-refractivity contribution in [2.45, 2.75) is 5.41 Å². The van der Waals surface area contributed by atoms with E-state index in [0.29, 0.717) is 0 Å². The maximum atomic E-state index is 7.07. The molecule has 0 aliphatic heterocycles. The number of nitrogens with zero attached hydrogens (tertiary/aromatic N) is 1. The Balaban J connectivity index is 0.990. The van der Waals surface area contributed by atoms with Crippen LogP contribution in [0.2, 0.25) is 0 Å². The van der Waals surface area contributed by atoms with Crippen LogP contribution in [0.1, 0.15) is 22.3 Å². The van der Waals surface area contributed by atoms with Gasteiger partial charge in [-0.3, -0.25) is 0 Å². The molecule has 2 nitrogen and oxygen atoms in total. The average molecular weight is 826 g/mol. The fourth-order valence-electron chi connectivity index (χ4n) is 11.6. The Morgan fingerprint density at radius 3 is 1.51 bits per heavy atom. The standard InChI is InChI=1S/C63H39NO/c1-2-14-40(15-3-1)41-30-35-45(36-31-41)64(57-28-13-27-56-61(57)52-21-6-9-26-55(52)63(56)53-24-7-4-19-48(53)49-20-5-8-25-54(49)63)46-37-32-42(33-38-46)47-39-34-44-17-11-23-51-50-22-10-16-43-18-12-29-58(59(43)50)65-62(47)60(44)51/h1-39H. The molecule has 1 heterocycles. The zero-order valence-electron chi connectivity index (χ0n) is 35.4. The third-order valence-electron chi connectivity index (χ3n) is 14.3. The molecule has 0 N–H and O–H groups in total. The second-order valence-electron chi connectivity index (χ2n) is 17.5. The van der Waals surface area contributed by atoms with Crippen LogP contribution in [0.4, 0.5) is 17.1 Å². The van der Waals surface area contributed by atoms with Crippen LogP contribution in [0.3, 0.4) is 0 Å². The first-order valence-corrected chi connectivity index (χ1v) is 22.5. The van der Waals surface area contributed by atoms with Crippen LogP contribution in [-0.4, -0.2) is 0 Å². The van der Waals surface area contributed by atoms with E-state index in [-0.39, 0.29) is 0 Å². The topological polar surface area (TPSA) is 16.4 Å². The zero-order chi connectivity index (χ0) is 42.6. The van der Waals surface area contributed by atoms with E-state index >= 15 is 0 Å². The van der Waals surface area contributed by atoms with Crippen molar-refractivity contribution in [3.05, 3.63) is 259 Å².